The minimum atomic E-state index is -5.09. The molecule has 6 N–H and O–H groups in total. The molecule has 3 aliphatic rings. The van der Waals surface area contributed by atoms with Gasteiger partial charge in [0.25, 0.3) is 0 Å². The summed E-state index contributed by atoms with van der Waals surface area (Å²) >= 11 is 0. The Labute approximate surface area is 249 Å². The molecule has 3 fully saturated rings. The SMILES string of the molecule is Nc1nc([O-])c2ncn([C@@H]3O[C@@H]4COP(=O)(O)O[C@H]5[C@@H](O)[C@H](n6cnc7c([O-])ncnc76)O[C@@H]5COP(=O)(O)O[C@H]4[C@H]3O)c2n1. The maximum atomic E-state index is 13.0. The van der Waals surface area contributed by atoms with Crippen molar-refractivity contribution in [3.63, 3.8) is 0 Å². The maximum absolute atomic E-state index is 13.0. The molecule has 23 nitrogen and oxygen atoms in total. The largest absolute Gasteiger partial charge is 0.857 e. The molecule has 0 bridgehead atoms. The molecular weight excluding hydrogens is 652 g/mol. The van der Waals surface area contributed by atoms with Crippen molar-refractivity contribution in [2.45, 2.75) is 49.1 Å². The highest BCUT2D eigenvalue weighted by atomic mass is 31.2. The molecule has 3 saturated heterocycles. The highest BCUT2D eigenvalue weighted by molar-refractivity contribution is 7.47. The Bertz CT molecular complexity index is 1870. The second-order valence-electron chi connectivity index (χ2n) is 9.99. The first-order valence-electron chi connectivity index (χ1n) is 12.8. The standard InChI is InChI=1S/C20H23N9O14P2/c21-20-26-15-9(17(33)27-20)25-5-29(15)19-11(31)13-7(41-19)2-39-44(34,35)42-12-6(1-38-45(36,37)43-13)40-18(10(12)30)28-4-24-8-14(28)22-3-23-16(8)32/h3-7,10-13,18-19,30-31H,1-2H2,(H,34,35)(H,36,37)(H,22,23,32)(H3,21,26,27,33)/p-2/t6-,7-,10-,11-,12-,13-,18-,19-/m1/s1. The number of anilines is 1. The van der Waals surface area contributed by atoms with E-state index in [4.69, 9.17) is 33.3 Å². The van der Waals surface area contributed by atoms with Crippen LogP contribution >= 0.6 is 15.6 Å². The number of hydrogen-bond donors (Lipinski definition) is 5. The van der Waals surface area contributed by atoms with Gasteiger partial charge in [0, 0.05) is 11.8 Å². The maximum Gasteiger partial charge on any atom is 0.472 e. The van der Waals surface area contributed by atoms with E-state index < -0.39 is 95.6 Å². The van der Waals surface area contributed by atoms with Crippen LogP contribution in [-0.2, 0) is 36.7 Å². The number of hydrogen-bond acceptors (Lipinski definition) is 19. The van der Waals surface area contributed by atoms with E-state index in [-0.39, 0.29) is 22.3 Å². The summed E-state index contributed by atoms with van der Waals surface area (Å²) in [5, 5.41) is 46.3. The zero-order valence-corrected chi connectivity index (χ0v) is 24.0. The molecule has 0 saturated carbocycles. The molecule has 4 aromatic rings. The molecular formula is C20H21N9O14P2-2. The summed E-state index contributed by atoms with van der Waals surface area (Å²) in [6, 6.07) is 0. The van der Waals surface area contributed by atoms with Crippen LogP contribution in [0.5, 0.6) is 11.8 Å². The van der Waals surface area contributed by atoms with Crippen molar-refractivity contribution in [3.05, 3.63) is 19.0 Å². The second-order valence-corrected chi connectivity index (χ2v) is 12.8. The summed E-state index contributed by atoms with van der Waals surface area (Å²) in [7, 11) is -10.2. The molecule has 0 spiro atoms. The Morgan fingerprint density at radius 1 is 0.778 bits per heavy atom. The lowest BCUT2D eigenvalue weighted by molar-refractivity contribution is -0.273. The van der Waals surface area contributed by atoms with Gasteiger partial charge in [0.15, 0.2) is 23.8 Å². The summed E-state index contributed by atoms with van der Waals surface area (Å²) in [5.41, 5.74) is 5.00. The average molecular weight is 673 g/mol. The van der Waals surface area contributed by atoms with E-state index in [0.29, 0.717) is 0 Å². The van der Waals surface area contributed by atoms with E-state index in [1.54, 1.807) is 0 Å². The molecule has 3 aliphatic heterocycles. The molecule has 4 aromatic heterocycles. The van der Waals surface area contributed by atoms with Crippen LogP contribution in [0.2, 0.25) is 0 Å². The number of nitrogens with zero attached hydrogens (tertiary/aromatic N) is 8. The average Bonchev–Trinajstić information content (AvgIpc) is 3.72. The van der Waals surface area contributed by atoms with E-state index in [9.17, 15) is 39.3 Å². The van der Waals surface area contributed by atoms with Crippen LogP contribution in [0.1, 0.15) is 12.5 Å². The van der Waals surface area contributed by atoms with Crippen molar-refractivity contribution >= 4 is 43.9 Å². The lowest BCUT2D eigenvalue weighted by Crippen LogP contribution is -2.39. The number of fused-ring (bicyclic) bond motifs is 4. The van der Waals surface area contributed by atoms with E-state index in [0.717, 1.165) is 28.1 Å². The molecule has 0 aromatic carbocycles. The number of rotatable bonds is 2. The Morgan fingerprint density at radius 3 is 1.84 bits per heavy atom. The summed E-state index contributed by atoms with van der Waals surface area (Å²) in [4.78, 5) is 43.8. The summed E-state index contributed by atoms with van der Waals surface area (Å²) in [6.07, 6.45) is -9.80. The highest BCUT2D eigenvalue weighted by Crippen LogP contribution is 2.53. The van der Waals surface area contributed by atoms with Crippen LogP contribution in [-0.4, -0.2) is 109 Å². The number of phosphoric ester groups is 2. The molecule has 10 atom stereocenters. The topological polar surface area (TPSA) is 330 Å². The van der Waals surface area contributed by atoms with E-state index in [2.05, 4.69) is 29.9 Å². The lowest BCUT2D eigenvalue weighted by atomic mass is 10.1. The number of imidazole rings is 2. The summed E-state index contributed by atoms with van der Waals surface area (Å²) in [6.45, 7) is -1.72. The van der Waals surface area contributed by atoms with Crippen molar-refractivity contribution in [1.82, 2.24) is 39.0 Å². The Hall–Kier alpha value is -3.44. The predicted octanol–water partition coefficient (Wildman–Crippen LogP) is -3.07. The zero-order chi connectivity index (χ0) is 31.8. The van der Waals surface area contributed by atoms with E-state index >= 15 is 0 Å². The van der Waals surface area contributed by atoms with Gasteiger partial charge in [0.1, 0.15) is 54.0 Å². The van der Waals surface area contributed by atoms with Gasteiger partial charge in [-0.1, -0.05) is 0 Å². The van der Waals surface area contributed by atoms with Gasteiger partial charge in [0.05, 0.1) is 25.9 Å². The van der Waals surface area contributed by atoms with Crippen molar-refractivity contribution in [2.75, 3.05) is 18.9 Å². The molecule has 242 valence electrons. The minimum Gasteiger partial charge on any atom is -0.857 e. The molecule has 0 aliphatic carbocycles. The van der Waals surface area contributed by atoms with Gasteiger partial charge < -0.3 is 45.4 Å². The van der Waals surface area contributed by atoms with E-state index in [1.807, 2.05) is 0 Å². The second kappa shape index (κ2) is 10.8. The van der Waals surface area contributed by atoms with Crippen LogP contribution in [0.15, 0.2) is 19.0 Å². The van der Waals surface area contributed by atoms with Crippen LogP contribution in [0.25, 0.3) is 22.3 Å². The number of aliphatic hydroxyl groups excluding tert-OH is 2. The number of aromatic nitrogens is 8. The first kappa shape index (κ1) is 30.2. The van der Waals surface area contributed by atoms with Gasteiger partial charge in [-0.3, -0.25) is 32.2 Å². The third-order valence-electron chi connectivity index (χ3n) is 7.21. The molecule has 2 unspecified atom stereocenters. The highest BCUT2D eigenvalue weighted by Gasteiger charge is 2.54. The van der Waals surface area contributed by atoms with Gasteiger partial charge in [-0.2, -0.15) is 4.98 Å². The number of nitrogen functional groups attached to an aromatic ring is 1. The van der Waals surface area contributed by atoms with Gasteiger partial charge >= 0.3 is 15.6 Å². The quantitative estimate of drug-likeness (QED) is 0.132. The van der Waals surface area contributed by atoms with Crippen LogP contribution in [0.4, 0.5) is 5.95 Å². The molecule has 7 rings (SSSR count). The van der Waals surface area contributed by atoms with Crippen molar-refractivity contribution in [2.24, 2.45) is 0 Å². The van der Waals surface area contributed by atoms with Crippen LogP contribution in [0.3, 0.4) is 0 Å². The molecule has 0 radical (unpaired) electrons. The van der Waals surface area contributed by atoms with Crippen molar-refractivity contribution in [3.8, 4) is 11.8 Å². The molecule has 45 heavy (non-hydrogen) atoms. The van der Waals surface area contributed by atoms with Crippen LogP contribution < -0.4 is 15.9 Å². The summed E-state index contributed by atoms with van der Waals surface area (Å²) < 4.78 is 60.4. The fourth-order valence-electron chi connectivity index (χ4n) is 5.24. The van der Waals surface area contributed by atoms with Gasteiger partial charge in [0.2, 0.25) is 5.95 Å². The molecule has 0 amide bonds. The number of nitrogens with two attached hydrogens (primary N) is 1. The third kappa shape index (κ3) is 5.31. The Kier molecular flexibility index (Phi) is 7.27. The molecule has 25 heteroatoms. The first-order chi connectivity index (χ1) is 21.3. The summed E-state index contributed by atoms with van der Waals surface area (Å²) in [5.74, 6) is -1.93. The smallest absolute Gasteiger partial charge is 0.472 e. The monoisotopic (exact) mass is 673 g/mol. The zero-order valence-electron chi connectivity index (χ0n) is 22.2. The molecule has 7 heterocycles. The van der Waals surface area contributed by atoms with Crippen LogP contribution in [0, 0.1) is 0 Å². The van der Waals surface area contributed by atoms with Gasteiger partial charge in [-0.25, -0.2) is 29.1 Å². The van der Waals surface area contributed by atoms with Gasteiger partial charge in [-0.05, 0) is 0 Å². The predicted molar refractivity (Wildman–Crippen MR) is 135 cm³/mol. The van der Waals surface area contributed by atoms with Gasteiger partial charge in [-0.15, -0.1) is 0 Å². The fourth-order valence-corrected chi connectivity index (χ4v) is 7.17. The number of ether oxygens (including phenoxy) is 2. The Morgan fingerprint density at radius 2 is 1.29 bits per heavy atom. The lowest BCUT2D eigenvalue weighted by Gasteiger charge is -2.27. The third-order valence-corrected chi connectivity index (χ3v) is 9.18. The first-order valence-corrected chi connectivity index (χ1v) is 15.8. The normalized spacial score (nSPS) is 37.7. The van der Waals surface area contributed by atoms with E-state index in [1.165, 1.54) is 0 Å². The number of phosphoric acid groups is 2. The van der Waals surface area contributed by atoms with Crippen molar-refractivity contribution < 1.29 is 66.9 Å². The Balaban J connectivity index is 1.17. The van der Waals surface area contributed by atoms with Crippen molar-refractivity contribution in [1.29, 1.82) is 0 Å². The minimum absolute atomic E-state index is 0.0447. The fraction of sp³-hybridized carbons (Fsp3) is 0.500. The number of aliphatic hydroxyl groups is 2.